The first-order valence-electron chi connectivity index (χ1n) is 6.65. The van der Waals surface area contributed by atoms with E-state index in [0.29, 0.717) is 17.4 Å². The lowest BCUT2D eigenvalue weighted by atomic mass is 9.71. The Bertz CT molecular complexity index is 343. The van der Waals surface area contributed by atoms with Crippen molar-refractivity contribution in [3.8, 4) is 0 Å². The molecule has 0 aromatic rings. The topological polar surface area (TPSA) is 26.3 Å². The SMILES string of the molecule is C=C(C)C(=O)OC1CC2C=CCC2C(CC)C1. The molecule has 94 valence electrons. The second-order valence-electron chi connectivity index (χ2n) is 5.44. The molecule has 0 bridgehead atoms. The van der Waals surface area contributed by atoms with Crippen molar-refractivity contribution in [3.05, 3.63) is 24.3 Å². The van der Waals surface area contributed by atoms with Crippen LogP contribution in [0.5, 0.6) is 0 Å². The summed E-state index contributed by atoms with van der Waals surface area (Å²) in [6.45, 7) is 7.59. The van der Waals surface area contributed by atoms with Crippen molar-refractivity contribution in [3.63, 3.8) is 0 Å². The van der Waals surface area contributed by atoms with Crippen molar-refractivity contribution in [1.29, 1.82) is 0 Å². The van der Waals surface area contributed by atoms with Gasteiger partial charge in [-0.25, -0.2) is 4.79 Å². The minimum atomic E-state index is -0.231. The van der Waals surface area contributed by atoms with E-state index in [1.807, 2.05) is 0 Å². The highest BCUT2D eigenvalue weighted by molar-refractivity contribution is 5.87. The van der Waals surface area contributed by atoms with Crippen LogP contribution in [-0.2, 0) is 9.53 Å². The molecule has 2 aliphatic rings. The van der Waals surface area contributed by atoms with Crippen molar-refractivity contribution < 1.29 is 9.53 Å². The smallest absolute Gasteiger partial charge is 0.333 e. The summed E-state index contributed by atoms with van der Waals surface area (Å²) in [4.78, 5) is 11.6. The van der Waals surface area contributed by atoms with E-state index in [-0.39, 0.29) is 12.1 Å². The van der Waals surface area contributed by atoms with Gasteiger partial charge in [-0.2, -0.15) is 0 Å². The zero-order valence-electron chi connectivity index (χ0n) is 10.8. The molecule has 0 spiro atoms. The summed E-state index contributed by atoms with van der Waals surface area (Å²) in [5.74, 6) is 1.88. The molecule has 17 heavy (non-hydrogen) atoms. The molecule has 0 aliphatic heterocycles. The van der Waals surface area contributed by atoms with Crippen molar-refractivity contribution in [1.82, 2.24) is 0 Å². The van der Waals surface area contributed by atoms with Crippen LogP contribution in [-0.4, -0.2) is 12.1 Å². The molecule has 2 nitrogen and oxygen atoms in total. The second kappa shape index (κ2) is 5.07. The molecule has 0 radical (unpaired) electrons. The molecule has 4 atom stereocenters. The molecule has 2 heteroatoms. The van der Waals surface area contributed by atoms with Gasteiger partial charge in [-0.05, 0) is 43.9 Å². The lowest BCUT2D eigenvalue weighted by molar-refractivity contribution is -0.148. The van der Waals surface area contributed by atoms with E-state index in [0.717, 1.165) is 18.8 Å². The summed E-state index contributed by atoms with van der Waals surface area (Å²) in [6.07, 6.45) is 9.12. The summed E-state index contributed by atoms with van der Waals surface area (Å²) in [5.41, 5.74) is 0.502. The predicted octanol–water partition coefficient (Wildman–Crippen LogP) is 3.49. The molecule has 2 rings (SSSR count). The highest BCUT2D eigenvalue weighted by Gasteiger charge is 2.38. The van der Waals surface area contributed by atoms with E-state index in [1.54, 1.807) is 6.92 Å². The zero-order chi connectivity index (χ0) is 12.4. The highest BCUT2D eigenvalue weighted by Crippen LogP contribution is 2.44. The van der Waals surface area contributed by atoms with Gasteiger partial charge in [0.15, 0.2) is 0 Å². The van der Waals surface area contributed by atoms with E-state index in [2.05, 4.69) is 25.7 Å². The first kappa shape index (κ1) is 12.4. The molecular formula is C15H22O2. The highest BCUT2D eigenvalue weighted by atomic mass is 16.5. The minimum Gasteiger partial charge on any atom is -0.459 e. The molecule has 1 saturated carbocycles. The zero-order valence-corrected chi connectivity index (χ0v) is 10.8. The van der Waals surface area contributed by atoms with Crippen LogP contribution >= 0.6 is 0 Å². The third kappa shape index (κ3) is 2.62. The maximum absolute atomic E-state index is 11.6. The maximum atomic E-state index is 11.6. The normalized spacial score (nSPS) is 35.4. The van der Waals surface area contributed by atoms with Crippen LogP contribution in [0.2, 0.25) is 0 Å². The molecule has 1 fully saturated rings. The number of allylic oxidation sites excluding steroid dienone is 2. The average molecular weight is 234 g/mol. The van der Waals surface area contributed by atoms with Gasteiger partial charge in [-0.1, -0.05) is 32.1 Å². The Labute approximate surface area is 104 Å². The molecule has 0 saturated heterocycles. The summed E-state index contributed by atoms with van der Waals surface area (Å²) >= 11 is 0. The lowest BCUT2D eigenvalue weighted by Crippen LogP contribution is -2.35. The molecule has 0 aromatic carbocycles. The van der Waals surface area contributed by atoms with Crippen LogP contribution in [0, 0.1) is 17.8 Å². The minimum absolute atomic E-state index is 0.0909. The van der Waals surface area contributed by atoms with E-state index in [1.165, 1.54) is 12.8 Å². The van der Waals surface area contributed by atoms with Crippen LogP contribution in [0.1, 0.15) is 39.5 Å². The van der Waals surface area contributed by atoms with Crippen molar-refractivity contribution in [2.24, 2.45) is 17.8 Å². The summed E-state index contributed by atoms with van der Waals surface area (Å²) in [5, 5.41) is 0. The molecule has 0 amide bonds. The van der Waals surface area contributed by atoms with Crippen LogP contribution in [0.4, 0.5) is 0 Å². The summed E-state index contributed by atoms with van der Waals surface area (Å²) in [6, 6.07) is 0. The van der Waals surface area contributed by atoms with Crippen LogP contribution in [0.15, 0.2) is 24.3 Å². The number of ether oxygens (including phenoxy) is 1. The molecule has 2 aliphatic carbocycles. The van der Waals surface area contributed by atoms with Gasteiger partial charge in [0.05, 0.1) is 0 Å². The largest absolute Gasteiger partial charge is 0.459 e. The number of carbonyl (C=O) groups excluding carboxylic acids is 1. The van der Waals surface area contributed by atoms with Gasteiger partial charge in [0.1, 0.15) is 6.10 Å². The molecule has 0 aromatic heterocycles. The molecular weight excluding hydrogens is 212 g/mol. The van der Waals surface area contributed by atoms with Gasteiger partial charge in [0.2, 0.25) is 0 Å². The van der Waals surface area contributed by atoms with Gasteiger partial charge in [0, 0.05) is 5.57 Å². The fourth-order valence-corrected chi connectivity index (χ4v) is 3.25. The number of carbonyl (C=O) groups is 1. The molecule has 4 unspecified atom stereocenters. The first-order chi connectivity index (χ1) is 8.11. The Balaban J connectivity index is 1.98. The quantitative estimate of drug-likeness (QED) is 0.424. The van der Waals surface area contributed by atoms with Gasteiger partial charge in [-0.15, -0.1) is 0 Å². The van der Waals surface area contributed by atoms with Crippen LogP contribution in [0.25, 0.3) is 0 Å². The maximum Gasteiger partial charge on any atom is 0.333 e. The fourth-order valence-electron chi connectivity index (χ4n) is 3.25. The number of rotatable bonds is 3. The third-order valence-electron chi connectivity index (χ3n) is 4.19. The summed E-state index contributed by atoms with van der Waals surface area (Å²) in [7, 11) is 0. The van der Waals surface area contributed by atoms with E-state index in [4.69, 9.17) is 4.74 Å². The van der Waals surface area contributed by atoms with Crippen molar-refractivity contribution >= 4 is 5.97 Å². The second-order valence-corrected chi connectivity index (χ2v) is 5.44. The van der Waals surface area contributed by atoms with Crippen molar-refractivity contribution in [2.75, 3.05) is 0 Å². The number of esters is 1. The third-order valence-corrected chi connectivity index (χ3v) is 4.19. The Kier molecular flexibility index (Phi) is 3.70. The number of hydrogen-bond donors (Lipinski definition) is 0. The Morgan fingerprint density at radius 1 is 1.47 bits per heavy atom. The van der Waals surface area contributed by atoms with E-state index >= 15 is 0 Å². The Morgan fingerprint density at radius 3 is 2.88 bits per heavy atom. The molecule has 0 N–H and O–H groups in total. The van der Waals surface area contributed by atoms with Crippen molar-refractivity contribution in [2.45, 2.75) is 45.6 Å². The first-order valence-corrected chi connectivity index (χ1v) is 6.65. The lowest BCUT2D eigenvalue weighted by Gasteiger charge is -2.37. The van der Waals surface area contributed by atoms with Gasteiger partial charge in [0.25, 0.3) is 0 Å². The fraction of sp³-hybridized carbons (Fsp3) is 0.667. The summed E-state index contributed by atoms with van der Waals surface area (Å²) < 4.78 is 5.52. The van der Waals surface area contributed by atoms with Crippen LogP contribution in [0.3, 0.4) is 0 Å². The van der Waals surface area contributed by atoms with Gasteiger partial charge < -0.3 is 4.74 Å². The Hall–Kier alpha value is -1.05. The monoisotopic (exact) mass is 234 g/mol. The van der Waals surface area contributed by atoms with E-state index in [9.17, 15) is 4.79 Å². The number of hydrogen-bond acceptors (Lipinski definition) is 2. The average Bonchev–Trinajstić information content (AvgIpc) is 2.75. The standard InChI is InChI=1S/C15H22O2/c1-4-11-8-13(17-15(16)10(2)3)9-12-6-5-7-14(11)12/h5-6,11-14H,2,4,7-9H2,1,3H3. The van der Waals surface area contributed by atoms with Gasteiger partial charge >= 0.3 is 5.97 Å². The number of fused-ring (bicyclic) bond motifs is 1. The van der Waals surface area contributed by atoms with E-state index < -0.39 is 0 Å². The Morgan fingerprint density at radius 2 is 2.24 bits per heavy atom. The predicted molar refractivity (Wildman–Crippen MR) is 68.4 cm³/mol. The van der Waals surface area contributed by atoms with Crippen LogP contribution < -0.4 is 0 Å². The molecule has 0 heterocycles. The van der Waals surface area contributed by atoms with Gasteiger partial charge in [-0.3, -0.25) is 0 Å².